The first-order chi connectivity index (χ1) is 16.2. The third-order valence-corrected chi connectivity index (χ3v) is 7.26. The quantitative estimate of drug-likeness (QED) is 0.617. The molecule has 0 amide bonds. The topological polar surface area (TPSA) is 79.0 Å². The first kappa shape index (κ1) is 21.9. The van der Waals surface area contributed by atoms with Gasteiger partial charge in [0.25, 0.3) is 0 Å². The van der Waals surface area contributed by atoms with Gasteiger partial charge < -0.3 is 10.1 Å². The van der Waals surface area contributed by atoms with E-state index >= 15 is 0 Å². The molecule has 0 bridgehead atoms. The highest BCUT2D eigenvalue weighted by atomic mass is 16.5. The number of aryl methyl sites for hydroxylation is 1. The summed E-state index contributed by atoms with van der Waals surface area (Å²) in [5, 5.41) is 19.5. The maximum atomic E-state index is 10.0. The van der Waals surface area contributed by atoms with Gasteiger partial charge in [0.05, 0.1) is 28.8 Å². The van der Waals surface area contributed by atoms with Crippen molar-refractivity contribution < 1.29 is 4.74 Å². The second kappa shape index (κ2) is 9.50. The van der Waals surface area contributed by atoms with E-state index in [1.54, 1.807) is 0 Å². The summed E-state index contributed by atoms with van der Waals surface area (Å²) in [4.78, 5) is 7.24. The Morgan fingerprint density at radius 2 is 1.91 bits per heavy atom. The van der Waals surface area contributed by atoms with Gasteiger partial charge in [-0.15, -0.1) is 0 Å². The van der Waals surface area contributed by atoms with Gasteiger partial charge in [-0.2, -0.15) is 10.4 Å². The third-order valence-electron chi connectivity index (χ3n) is 7.26. The number of fused-ring (bicyclic) bond motifs is 1. The van der Waals surface area contributed by atoms with Gasteiger partial charge in [-0.25, -0.2) is 9.67 Å². The molecule has 0 spiro atoms. The Labute approximate surface area is 195 Å². The van der Waals surface area contributed by atoms with Gasteiger partial charge in [-0.1, -0.05) is 30.3 Å². The number of hydrogen-bond donors (Lipinski definition) is 1. The molecule has 1 N–H and O–H groups in total. The summed E-state index contributed by atoms with van der Waals surface area (Å²) in [5.74, 6) is 0. The van der Waals surface area contributed by atoms with E-state index in [4.69, 9.17) is 9.72 Å². The number of rotatable bonds is 6. The first-order valence-corrected chi connectivity index (χ1v) is 12.1. The van der Waals surface area contributed by atoms with Crippen LogP contribution in [-0.2, 0) is 23.2 Å². The molecule has 5 rings (SSSR count). The molecule has 2 aliphatic heterocycles. The van der Waals surface area contributed by atoms with E-state index in [0.29, 0.717) is 6.04 Å². The highest BCUT2D eigenvalue weighted by Gasteiger charge is 2.36. The van der Waals surface area contributed by atoms with Crippen LogP contribution in [-0.4, -0.2) is 52.0 Å². The van der Waals surface area contributed by atoms with Crippen LogP contribution in [0.5, 0.6) is 0 Å². The van der Waals surface area contributed by atoms with Gasteiger partial charge >= 0.3 is 0 Å². The van der Waals surface area contributed by atoms with Gasteiger partial charge in [0.1, 0.15) is 0 Å². The molecular weight excluding hydrogens is 412 g/mol. The maximum Gasteiger partial charge on any atom is 0.159 e. The van der Waals surface area contributed by atoms with Crippen molar-refractivity contribution in [1.29, 1.82) is 5.26 Å². The lowest BCUT2D eigenvalue weighted by molar-refractivity contribution is 0.0904. The Balaban J connectivity index is 1.37. The van der Waals surface area contributed by atoms with Gasteiger partial charge in [-0.05, 0) is 38.2 Å². The Kier molecular flexibility index (Phi) is 6.30. The molecule has 2 fully saturated rings. The molecule has 0 radical (unpaired) electrons. The fourth-order valence-electron chi connectivity index (χ4n) is 5.19. The minimum Gasteiger partial charge on any atom is -0.381 e. The summed E-state index contributed by atoms with van der Waals surface area (Å²) in [6.07, 6.45) is 7.68. The zero-order valence-corrected chi connectivity index (χ0v) is 19.3. The summed E-state index contributed by atoms with van der Waals surface area (Å²) >= 11 is 0. The SMILES string of the molecule is CCn1ncc2c(NC3CCOCC3)c(CN3CCC(C#N)(c4ccccc4)CC3)cnc21. The Morgan fingerprint density at radius 3 is 2.61 bits per heavy atom. The second-order valence-corrected chi connectivity index (χ2v) is 9.22. The minimum absolute atomic E-state index is 0.384. The van der Waals surface area contributed by atoms with E-state index < -0.39 is 0 Å². The number of aromatic nitrogens is 3. The lowest BCUT2D eigenvalue weighted by Crippen LogP contribution is -2.41. The fraction of sp³-hybridized carbons (Fsp3) is 0.500. The van der Waals surface area contributed by atoms with Gasteiger partial charge in [0.15, 0.2) is 5.65 Å². The number of nitriles is 1. The molecule has 2 aromatic heterocycles. The number of likely N-dealkylation sites (tertiary alicyclic amines) is 1. The number of hydrogen-bond acceptors (Lipinski definition) is 6. The third kappa shape index (κ3) is 4.33. The largest absolute Gasteiger partial charge is 0.381 e. The maximum absolute atomic E-state index is 10.0. The first-order valence-electron chi connectivity index (χ1n) is 12.1. The standard InChI is InChI=1S/C26H32N6O/c1-2-32-25-23(17-29-32)24(30-22-8-14-33-15-9-22)20(16-28-25)18-31-12-10-26(19-27,11-13-31)21-6-4-3-5-7-21/h3-7,16-17,22H,2,8-15,18H2,1H3,(H,28,30). The summed E-state index contributed by atoms with van der Waals surface area (Å²) in [6.45, 7) is 7.11. The smallest absolute Gasteiger partial charge is 0.159 e. The molecule has 0 aliphatic carbocycles. The molecule has 33 heavy (non-hydrogen) atoms. The number of pyridine rings is 1. The summed E-state index contributed by atoms with van der Waals surface area (Å²) in [6, 6.07) is 13.3. The van der Waals surface area contributed by atoms with Crippen molar-refractivity contribution in [2.45, 2.75) is 57.2 Å². The molecule has 2 saturated heterocycles. The lowest BCUT2D eigenvalue weighted by atomic mass is 9.74. The van der Waals surface area contributed by atoms with Gasteiger partial charge in [0, 0.05) is 57.2 Å². The molecule has 7 heteroatoms. The van der Waals surface area contributed by atoms with Crippen LogP contribution in [0.2, 0.25) is 0 Å². The zero-order chi connectivity index (χ0) is 22.7. The van der Waals surface area contributed by atoms with Crippen LogP contribution in [0.1, 0.15) is 43.7 Å². The average Bonchev–Trinajstić information content (AvgIpc) is 3.31. The number of nitrogens with zero attached hydrogens (tertiary/aromatic N) is 5. The Morgan fingerprint density at radius 1 is 1.15 bits per heavy atom. The molecule has 0 unspecified atom stereocenters. The number of piperidine rings is 1. The minimum atomic E-state index is -0.384. The average molecular weight is 445 g/mol. The summed E-state index contributed by atoms with van der Waals surface area (Å²) in [5.41, 5.74) is 4.05. The fourth-order valence-corrected chi connectivity index (χ4v) is 5.19. The van der Waals surface area contributed by atoms with Crippen molar-refractivity contribution in [3.8, 4) is 6.07 Å². The van der Waals surface area contributed by atoms with Crippen molar-refractivity contribution in [3.05, 3.63) is 53.9 Å². The number of nitrogens with one attached hydrogen (secondary N) is 1. The van der Waals surface area contributed by atoms with Crippen LogP contribution in [0.4, 0.5) is 5.69 Å². The zero-order valence-electron chi connectivity index (χ0n) is 19.3. The van der Waals surface area contributed by atoms with Crippen LogP contribution in [0.25, 0.3) is 11.0 Å². The number of benzene rings is 1. The molecule has 1 aromatic carbocycles. The molecule has 172 valence electrons. The highest BCUT2D eigenvalue weighted by molar-refractivity contribution is 5.90. The van der Waals surface area contributed by atoms with E-state index in [2.05, 4.69) is 40.4 Å². The molecule has 4 heterocycles. The van der Waals surface area contributed by atoms with Gasteiger partial charge in [0.2, 0.25) is 0 Å². The van der Waals surface area contributed by atoms with E-state index in [1.165, 1.54) is 5.56 Å². The van der Waals surface area contributed by atoms with E-state index in [-0.39, 0.29) is 5.41 Å². The van der Waals surface area contributed by atoms with Crippen LogP contribution >= 0.6 is 0 Å². The summed E-state index contributed by atoms with van der Waals surface area (Å²) in [7, 11) is 0. The highest BCUT2D eigenvalue weighted by Crippen LogP contribution is 2.36. The monoisotopic (exact) mass is 444 g/mol. The van der Waals surface area contributed by atoms with Crippen LogP contribution < -0.4 is 5.32 Å². The van der Waals surface area contributed by atoms with E-state index in [1.807, 2.05) is 35.3 Å². The molecular formula is C26H32N6O. The normalized spacial score (nSPS) is 19.4. The number of ether oxygens (including phenoxy) is 1. The van der Waals surface area contributed by atoms with Crippen molar-refractivity contribution in [2.75, 3.05) is 31.6 Å². The number of anilines is 1. The Hall–Kier alpha value is -2.95. The van der Waals surface area contributed by atoms with Crippen LogP contribution in [0, 0.1) is 11.3 Å². The van der Waals surface area contributed by atoms with Crippen molar-refractivity contribution in [1.82, 2.24) is 19.7 Å². The molecule has 2 aliphatic rings. The molecule has 0 atom stereocenters. The van der Waals surface area contributed by atoms with E-state index in [0.717, 1.165) is 87.4 Å². The summed E-state index contributed by atoms with van der Waals surface area (Å²) < 4.78 is 7.52. The second-order valence-electron chi connectivity index (χ2n) is 9.22. The van der Waals surface area contributed by atoms with Gasteiger partial charge in [-0.3, -0.25) is 4.90 Å². The van der Waals surface area contributed by atoms with Crippen LogP contribution in [0.15, 0.2) is 42.7 Å². The van der Waals surface area contributed by atoms with Crippen molar-refractivity contribution in [2.24, 2.45) is 0 Å². The Bertz CT molecular complexity index is 1120. The van der Waals surface area contributed by atoms with E-state index in [9.17, 15) is 5.26 Å². The molecule has 0 saturated carbocycles. The predicted molar refractivity (Wildman–Crippen MR) is 129 cm³/mol. The van der Waals surface area contributed by atoms with Crippen molar-refractivity contribution in [3.63, 3.8) is 0 Å². The van der Waals surface area contributed by atoms with Crippen molar-refractivity contribution >= 4 is 16.7 Å². The van der Waals surface area contributed by atoms with Crippen LogP contribution in [0.3, 0.4) is 0 Å². The molecule has 7 nitrogen and oxygen atoms in total. The lowest BCUT2D eigenvalue weighted by Gasteiger charge is -2.38. The predicted octanol–water partition coefficient (Wildman–Crippen LogP) is 4.10. The molecule has 3 aromatic rings.